The summed E-state index contributed by atoms with van der Waals surface area (Å²) in [7, 11) is 0. The van der Waals surface area contributed by atoms with Crippen LogP contribution >= 0.6 is 15.9 Å². The molecule has 0 aliphatic heterocycles. The van der Waals surface area contributed by atoms with Crippen LogP contribution in [0.2, 0.25) is 0 Å². The first-order chi connectivity index (χ1) is 6.93. The molecule has 1 rings (SSSR count). The molecule has 82 valence electrons. The number of rotatable bonds is 3. The van der Waals surface area contributed by atoms with Gasteiger partial charge in [-0.15, -0.1) is 0 Å². The van der Waals surface area contributed by atoms with Crippen LogP contribution in [0.4, 0.5) is 13.2 Å². The van der Waals surface area contributed by atoms with Crippen molar-refractivity contribution in [2.45, 2.75) is 17.4 Å². The van der Waals surface area contributed by atoms with Crippen molar-refractivity contribution in [3.05, 3.63) is 29.6 Å². The molecule has 0 saturated carbocycles. The Kier molecular flexibility index (Phi) is 3.84. The fraction of sp³-hybridized carbons (Fsp3) is 0.333. The van der Waals surface area contributed by atoms with Crippen molar-refractivity contribution in [1.29, 1.82) is 0 Å². The minimum absolute atomic E-state index is 0.328. The van der Waals surface area contributed by atoms with Gasteiger partial charge in [0.15, 0.2) is 0 Å². The van der Waals surface area contributed by atoms with Crippen LogP contribution in [0.25, 0.3) is 0 Å². The lowest BCUT2D eigenvalue weighted by Gasteiger charge is -2.06. The molecule has 0 bridgehead atoms. The molecule has 1 heterocycles. The Bertz CT molecular complexity index is 336. The van der Waals surface area contributed by atoms with E-state index < -0.39 is 16.7 Å². The number of hydrogen-bond donors (Lipinski definition) is 0. The Morgan fingerprint density at radius 2 is 2.13 bits per heavy atom. The highest BCUT2D eigenvalue weighted by atomic mass is 79.9. The Morgan fingerprint density at radius 3 is 2.53 bits per heavy atom. The van der Waals surface area contributed by atoms with Gasteiger partial charge < -0.3 is 4.79 Å². The number of carbonyl (C=O) groups excluding carboxylic acids is 1. The fourth-order valence-electron chi connectivity index (χ4n) is 0.986. The number of aldehydes is 1. The average Bonchev–Trinajstić information content (AvgIpc) is 2.17. The highest BCUT2D eigenvalue weighted by molar-refractivity contribution is 9.09. The summed E-state index contributed by atoms with van der Waals surface area (Å²) < 4.78 is 36.4. The molecule has 0 fully saturated rings. The smallest absolute Gasteiger partial charge is 0.302 e. The van der Waals surface area contributed by atoms with E-state index in [1.54, 1.807) is 0 Å². The van der Waals surface area contributed by atoms with Gasteiger partial charge in [0, 0.05) is 6.20 Å². The topological polar surface area (TPSA) is 30.0 Å². The molecule has 1 unspecified atom stereocenters. The average molecular weight is 282 g/mol. The van der Waals surface area contributed by atoms with Crippen molar-refractivity contribution in [3.8, 4) is 0 Å². The van der Waals surface area contributed by atoms with Crippen molar-refractivity contribution in [2.24, 2.45) is 0 Å². The molecule has 0 saturated heterocycles. The zero-order chi connectivity index (χ0) is 11.5. The van der Waals surface area contributed by atoms with Crippen LogP contribution in [-0.4, -0.2) is 16.1 Å². The minimum atomic E-state index is -4.42. The maximum Gasteiger partial charge on any atom is 0.433 e. The van der Waals surface area contributed by atoms with Gasteiger partial charge in [0.2, 0.25) is 0 Å². The number of nitrogens with zero attached hydrogens (tertiary/aromatic N) is 1. The maximum atomic E-state index is 12.1. The van der Waals surface area contributed by atoms with Crippen LogP contribution in [0.5, 0.6) is 0 Å². The number of carbonyl (C=O) groups is 1. The van der Waals surface area contributed by atoms with Crippen LogP contribution in [0.3, 0.4) is 0 Å². The molecular weight excluding hydrogens is 275 g/mol. The largest absolute Gasteiger partial charge is 0.433 e. The van der Waals surface area contributed by atoms with E-state index >= 15 is 0 Å². The standard InChI is InChI=1S/C9H7BrF3NO/c10-7(5-15)3-6-1-2-8(14-4-6)9(11,12)13/h1-2,4-5,7H,3H2. The highest BCUT2D eigenvalue weighted by Gasteiger charge is 2.31. The highest BCUT2D eigenvalue weighted by Crippen LogP contribution is 2.27. The molecule has 2 nitrogen and oxygen atoms in total. The summed E-state index contributed by atoms with van der Waals surface area (Å²) in [5.74, 6) is 0. The third-order valence-electron chi connectivity index (χ3n) is 1.69. The summed E-state index contributed by atoms with van der Waals surface area (Å²) in [6, 6.07) is 2.22. The molecule has 0 amide bonds. The van der Waals surface area contributed by atoms with E-state index in [1.807, 2.05) is 0 Å². The first kappa shape index (κ1) is 12.2. The molecule has 6 heteroatoms. The van der Waals surface area contributed by atoms with E-state index in [1.165, 1.54) is 6.07 Å². The monoisotopic (exact) mass is 281 g/mol. The number of pyridine rings is 1. The third kappa shape index (κ3) is 3.62. The van der Waals surface area contributed by atoms with Gasteiger partial charge in [0.25, 0.3) is 0 Å². The zero-order valence-electron chi connectivity index (χ0n) is 7.46. The second-order valence-corrected chi connectivity index (χ2v) is 4.08. The van der Waals surface area contributed by atoms with Crippen molar-refractivity contribution in [3.63, 3.8) is 0 Å². The molecule has 0 spiro atoms. The van der Waals surface area contributed by atoms with Crippen LogP contribution in [0.1, 0.15) is 11.3 Å². The van der Waals surface area contributed by atoms with Crippen LogP contribution in [0, 0.1) is 0 Å². The Hall–Kier alpha value is -0.910. The molecule has 0 N–H and O–H groups in total. The van der Waals surface area contributed by atoms with Crippen LogP contribution < -0.4 is 0 Å². The molecular formula is C9H7BrF3NO. The van der Waals surface area contributed by atoms with E-state index in [-0.39, 0.29) is 0 Å². The predicted octanol–water partition coefficient (Wildman–Crippen LogP) is 2.61. The van der Waals surface area contributed by atoms with E-state index in [2.05, 4.69) is 20.9 Å². The number of halogens is 4. The minimum Gasteiger partial charge on any atom is -0.302 e. The number of alkyl halides is 4. The van der Waals surface area contributed by atoms with Crippen LogP contribution in [0.15, 0.2) is 18.3 Å². The van der Waals surface area contributed by atoms with Crippen LogP contribution in [-0.2, 0) is 17.4 Å². The van der Waals surface area contributed by atoms with Crippen molar-refractivity contribution >= 4 is 22.2 Å². The van der Waals surface area contributed by atoms with Gasteiger partial charge in [-0.25, -0.2) is 0 Å². The van der Waals surface area contributed by atoms with Gasteiger partial charge in [-0.2, -0.15) is 13.2 Å². The third-order valence-corrected chi connectivity index (χ3v) is 2.23. The molecule has 1 aromatic rings. The second-order valence-electron chi connectivity index (χ2n) is 2.91. The van der Waals surface area contributed by atoms with Crippen molar-refractivity contribution in [2.75, 3.05) is 0 Å². The lowest BCUT2D eigenvalue weighted by atomic mass is 10.1. The molecule has 0 aliphatic carbocycles. The summed E-state index contributed by atoms with van der Waals surface area (Å²) >= 11 is 3.05. The zero-order valence-corrected chi connectivity index (χ0v) is 9.05. The van der Waals surface area contributed by atoms with E-state index in [0.717, 1.165) is 12.3 Å². The summed E-state index contributed by atoms with van der Waals surface area (Å²) in [6.45, 7) is 0. The lowest BCUT2D eigenvalue weighted by Crippen LogP contribution is -2.09. The van der Waals surface area contributed by atoms with Gasteiger partial charge in [0.05, 0.1) is 4.83 Å². The van der Waals surface area contributed by atoms with Gasteiger partial charge in [-0.1, -0.05) is 22.0 Å². The SMILES string of the molecule is O=CC(Br)Cc1ccc(C(F)(F)F)nc1. The van der Waals surface area contributed by atoms with E-state index in [9.17, 15) is 18.0 Å². The number of aromatic nitrogens is 1. The van der Waals surface area contributed by atoms with Gasteiger partial charge >= 0.3 is 6.18 Å². The fourth-order valence-corrected chi connectivity index (χ4v) is 1.36. The predicted molar refractivity (Wildman–Crippen MR) is 51.7 cm³/mol. The Balaban J connectivity index is 2.77. The molecule has 0 aromatic carbocycles. The molecule has 0 radical (unpaired) electrons. The van der Waals surface area contributed by atoms with Crippen molar-refractivity contribution < 1.29 is 18.0 Å². The van der Waals surface area contributed by atoms with Gasteiger partial charge in [0.1, 0.15) is 12.0 Å². The normalized spacial score (nSPS) is 13.6. The van der Waals surface area contributed by atoms with E-state index in [0.29, 0.717) is 18.3 Å². The summed E-state index contributed by atoms with van der Waals surface area (Å²) in [4.78, 5) is 13.2. The lowest BCUT2D eigenvalue weighted by molar-refractivity contribution is -0.141. The quantitative estimate of drug-likeness (QED) is 0.630. The first-order valence-electron chi connectivity index (χ1n) is 4.05. The summed E-state index contributed by atoms with van der Waals surface area (Å²) in [5, 5.41) is 0. The Morgan fingerprint density at radius 1 is 1.47 bits per heavy atom. The second kappa shape index (κ2) is 4.74. The molecule has 1 aromatic heterocycles. The maximum absolute atomic E-state index is 12.1. The number of hydrogen-bond acceptors (Lipinski definition) is 2. The molecule has 0 aliphatic rings. The Labute approximate surface area is 92.6 Å². The molecule has 15 heavy (non-hydrogen) atoms. The van der Waals surface area contributed by atoms with E-state index in [4.69, 9.17) is 0 Å². The molecule has 1 atom stereocenters. The summed E-state index contributed by atoms with van der Waals surface area (Å²) in [6.07, 6.45) is -2.29. The van der Waals surface area contributed by atoms with Crippen molar-refractivity contribution in [1.82, 2.24) is 4.98 Å². The van der Waals surface area contributed by atoms with Gasteiger partial charge in [-0.3, -0.25) is 4.98 Å². The van der Waals surface area contributed by atoms with Gasteiger partial charge in [-0.05, 0) is 18.1 Å². The first-order valence-corrected chi connectivity index (χ1v) is 4.96. The summed E-state index contributed by atoms with van der Waals surface area (Å²) in [5.41, 5.74) is -0.347.